The molecule has 0 spiro atoms. The van der Waals surface area contributed by atoms with Crippen molar-refractivity contribution in [3.8, 4) is 11.1 Å². The molecule has 27 heavy (non-hydrogen) atoms. The van der Waals surface area contributed by atoms with Crippen LogP contribution >= 0.6 is 0 Å². The molecule has 4 nitrogen and oxygen atoms in total. The van der Waals surface area contributed by atoms with Crippen molar-refractivity contribution in [1.82, 2.24) is 9.78 Å². The predicted octanol–water partition coefficient (Wildman–Crippen LogP) is 4.81. The van der Waals surface area contributed by atoms with Gasteiger partial charge < -0.3 is 5.32 Å². The number of alkyl halides is 3. The first kappa shape index (κ1) is 18.6. The van der Waals surface area contributed by atoms with E-state index in [1.54, 1.807) is 24.3 Å². The molecule has 0 saturated heterocycles. The van der Waals surface area contributed by atoms with Crippen molar-refractivity contribution in [3.63, 3.8) is 0 Å². The molecule has 0 fully saturated rings. The maximum Gasteiger partial charge on any atom is 0.436 e. The molecule has 8 heteroatoms. The number of hydrogen-bond donors (Lipinski definition) is 1. The van der Waals surface area contributed by atoms with Crippen LogP contribution in [0.4, 0.5) is 23.2 Å². The maximum atomic E-state index is 14.1. The lowest BCUT2D eigenvalue weighted by atomic mass is 9.99. The van der Waals surface area contributed by atoms with Crippen molar-refractivity contribution in [2.45, 2.75) is 13.1 Å². The van der Waals surface area contributed by atoms with E-state index in [4.69, 9.17) is 0 Å². The Hall–Kier alpha value is -3.16. The van der Waals surface area contributed by atoms with Gasteiger partial charge in [0.1, 0.15) is 5.56 Å². The monoisotopic (exact) mass is 377 g/mol. The summed E-state index contributed by atoms with van der Waals surface area (Å²) in [4.78, 5) is 12.5. The largest absolute Gasteiger partial charge is 0.436 e. The van der Waals surface area contributed by atoms with Crippen molar-refractivity contribution in [2.24, 2.45) is 7.05 Å². The van der Waals surface area contributed by atoms with E-state index in [2.05, 4.69) is 10.4 Å². The number of carbonyl (C=O) groups is 1. The summed E-state index contributed by atoms with van der Waals surface area (Å²) in [5.41, 5.74) is -0.0909. The Morgan fingerprint density at radius 3 is 2.26 bits per heavy atom. The quantitative estimate of drug-likeness (QED) is 0.666. The number of benzene rings is 2. The number of halogens is 4. The molecule has 1 aromatic heterocycles. The zero-order valence-electron chi connectivity index (χ0n) is 14.4. The number of para-hydroxylation sites is 1. The summed E-state index contributed by atoms with van der Waals surface area (Å²) in [5, 5.41) is 5.48. The summed E-state index contributed by atoms with van der Waals surface area (Å²) < 4.78 is 53.9. The number of amides is 1. The number of aromatic nitrogens is 2. The van der Waals surface area contributed by atoms with Crippen LogP contribution in [-0.4, -0.2) is 15.7 Å². The molecule has 140 valence electrons. The van der Waals surface area contributed by atoms with Crippen LogP contribution in [0.25, 0.3) is 11.1 Å². The number of nitrogens with one attached hydrogen (secondary N) is 1. The van der Waals surface area contributed by atoms with E-state index < -0.39 is 29.3 Å². The van der Waals surface area contributed by atoms with Crippen LogP contribution in [0.1, 0.15) is 21.6 Å². The third-order valence-electron chi connectivity index (χ3n) is 4.08. The van der Waals surface area contributed by atoms with Crippen LogP contribution in [0.3, 0.4) is 0 Å². The fourth-order valence-corrected chi connectivity index (χ4v) is 2.79. The predicted molar refractivity (Wildman–Crippen MR) is 92.7 cm³/mol. The number of rotatable bonds is 3. The standard InChI is InChI=1S/C19H15F4N3O/c1-11-7-3-4-8-12(11)13-9-5-6-10-14(13)24-18(27)15-16(19(21,22)23)25-26(2)17(15)20/h3-10H,1-2H3,(H,24,27). The number of aryl methyl sites for hydroxylation is 2. The second kappa shape index (κ2) is 6.86. The fourth-order valence-electron chi connectivity index (χ4n) is 2.79. The van der Waals surface area contributed by atoms with E-state index in [0.717, 1.165) is 18.2 Å². The molecule has 0 bridgehead atoms. The van der Waals surface area contributed by atoms with Gasteiger partial charge in [-0.3, -0.25) is 4.79 Å². The number of nitrogens with zero attached hydrogens (tertiary/aromatic N) is 2. The second-order valence-corrected chi connectivity index (χ2v) is 5.95. The lowest BCUT2D eigenvalue weighted by Crippen LogP contribution is -2.19. The Balaban J connectivity index is 2.04. The lowest BCUT2D eigenvalue weighted by molar-refractivity contribution is -0.141. The summed E-state index contributed by atoms with van der Waals surface area (Å²) in [6.45, 7) is 1.87. The van der Waals surface area contributed by atoms with E-state index in [1.807, 2.05) is 31.2 Å². The first-order valence-corrected chi connectivity index (χ1v) is 7.96. The van der Waals surface area contributed by atoms with Crippen molar-refractivity contribution < 1.29 is 22.4 Å². The van der Waals surface area contributed by atoms with Gasteiger partial charge in [-0.25, -0.2) is 4.68 Å². The van der Waals surface area contributed by atoms with E-state index in [9.17, 15) is 22.4 Å². The first-order chi connectivity index (χ1) is 12.7. The zero-order chi connectivity index (χ0) is 19.8. The SMILES string of the molecule is Cc1ccccc1-c1ccccc1NC(=O)c1c(C(F)(F)F)nn(C)c1F. The highest BCUT2D eigenvalue weighted by Crippen LogP contribution is 2.34. The highest BCUT2D eigenvalue weighted by molar-refractivity contribution is 6.07. The first-order valence-electron chi connectivity index (χ1n) is 7.96. The summed E-state index contributed by atoms with van der Waals surface area (Å²) >= 11 is 0. The van der Waals surface area contributed by atoms with E-state index in [-0.39, 0.29) is 5.69 Å². The van der Waals surface area contributed by atoms with Gasteiger partial charge in [0, 0.05) is 18.3 Å². The zero-order valence-corrected chi connectivity index (χ0v) is 14.4. The third kappa shape index (κ3) is 3.55. The lowest BCUT2D eigenvalue weighted by Gasteiger charge is -2.13. The minimum atomic E-state index is -4.95. The average Bonchev–Trinajstić information content (AvgIpc) is 2.92. The van der Waals surface area contributed by atoms with Gasteiger partial charge in [-0.1, -0.05) is 42.5 Å². The van der Waals surface area contributed by atoms with Gasteiger partial charge >= 0.3 is 6.18 Å². The van der Waals surface area contributed by atoms with Crippen LogP contribution < -0.4 is 5.32 Å². The van der Waals surface area contributed by atoms with Crippen LogP contribution in [-0.2, 0) is 13.2 Å². The summed E-state index contributed by atoms with van der Waals surface area (Å²) in [6, 6.07) is 14.0. The van der Waals surface area contributed by atoms with Crippen molar-refractivity contribution in [3.05, 3.63) is 71.3 Å². The molecule has 2 aromatic carbocycles. The van der Waals surface area contributed by atoms with Gasteiger partial charge in [-0.15, -0.1) is 0 Å². The van der Waals surface area contributed by atoms with Crippen LogP contribution in [0.15, 0.2) is 48.5 Å². The molecule has 0 aliphatic carbocycles. The highest BCUT2D eigenvalue weighted by Gasteiger charge is 2.41. The topological polar surface area (TPSA) is 46.9 Å². The molecular formula is C19H15F4N3O. The van der Waals surface area contributed by atoms with Gasteiger partial charge in [0.15, 0.2) is 5.69 Å². The van der Waals surface area contributed by atoms with Crippen molar-refractivity contribution in [1.29, 1.82) is 0 Å². The smallest absolute Gasteiger partial charge is 0.321 e. The van der Waals surface area contributed by atoms with Crippen LogP contribution in [0, 0.1) is 12.9 Å². The van der Waals surface area contributed by atoms with Gasteiger partial charge in [-0.05, 0) is 24.1 Å². The fraction of sp³-hybridized carbons (Fsp3) is 0.158. The minimum Gasteiger partial charge on any atom is -0.321 e. The van der Waals surface area contributed by atoms with E-state index in [0.29, 0.717) is 10.2 Å². The molecule has 3 aromatic rings. The average molecular weight is 377 g/mol. The Morgan fingerprint density at radius 1 is 1.04 bits per heavy atom. The Morgan fingerprint density at radius 2 is 1.63 bits per heavy atom. The highest BCUT2D eigenvalue weighted by atomic mass is 19.4. The maximum absolute atomic E-state index is 14.1. The Labute approximate surface area is 152 Å². The molecule has 0 aliphatic rings. The summed E-state index contributed by atoms with van der Waals surface area (Å²) in [6.07, 6.45) is -4.95. The molecule has 0 radical (unpaired) electrons. The van der Waals surface area contributed by atoms with E-state index >= 15 is 0 Å². The summed E-state index contributed by atoms with van der Waals surface area (Å²) in [5.74, 6) is -2.57. The minimum absolute atomic E-state index is 0.271. The number of carbonyl (C=O) groups excluding carboxylic acids is 1. The summed E-state index contributed by atoms with van der Waals surface area (Å²) in [7, 11) is 1.00. The Kier molecular flexibility index (Phi) is 4.73. The van der Waals surface area contributed by atoms with Crippen LogP contribution in [0.2, 0.25) is 0 Å². The van der Waals surface area contributed by atoms with Gasteiger partial charge in [0.25, 0.3) is 5.91 Å². The van der Waals surface area contributed by atoms with Gasteiger partial charge in [0.05, 0.1) is 0 Å². The number of anilines is 1. The van der Waals surface area contributed by atoms with Gasteiger partial charge in [-0.2, -0.15) is 22.7 Å². The van der Waals surface area contributed by atoms with Crippen molar-refractivity contribution >= 4 is 11.6 Å². The Bertz CT molecular complexity index is 1010. The molecule has 0 aliphatic heterocycles. The van der Waals surface area contributed by atoms with E-state index in [1.165, 1.54) is 0 Å². The molecule has 1 N–H and O–H groups in total. The molecule has 0 saturated carbocycles. The third-order valence-corrected chi connectivity index (χ3v) is 4.08. The molecule has 0 atom stereocenters. The van der Waals surface area contributed by atoms with Crippen LogP contribution in [0.5, 0.6) is 0 Å². The molecular weight excluding hydrogens is 362 g/mol. The van der Waals surface area contributed by atoms with Crippen molar-refractivity contribution in [2.75, 3.05) is 5.32 Å². The van der Waals surface area contributed by atoms with Gasteiger partial charge in [0.2, 0.25) is 5.95 Å². The normalized spacial score (nSPS) is 11.5. The molecule has 0 unspecified atom stereocenters. The number of hydrogen-bond acceptors (Lipinski definition) is 2. The molecule has 3 rings (SSSR count). The molecule has 1 amide bonds. The molecule has 1 heterocycles. The second-order valence-electron chi connectivity index (χ2n) is 5.95.